The Morgan fingerprint density at radius 1 is 1.00 bits per heavy atom. The molecular weight excluding hydrogens is 248 g/mol. The van der Waals surface area contributed by atoms with E-state index in [2.05, 4.69) is 44.5 Å². The van der Waals surface area contributed by atoms with E-state index >= 15 is 0 Å². The number of para-hydroxylation sites is 2. The van der Waals surface area contributed by atoms with E-state index in [1.807, 2.05) is 12.4 Å². The number of hydrogen-bond acceptors (Lipinski definition) is 4. The summed E-state index contributed by atoms with van der Waals surface area (Å²) in [6.07, 6.45) is 9.20. The van der Waals surface area contributed by atoms with Gasteiger partial charge in [0.05, 0.1) is 11.4 Å². The number of rotatable bonds is 4. The third kappa shape index (κ3) is 3.07. The Morgan fingerprint density at radius 2 is 1.75 bits per heavy atom. The normalized spacial score (nSPS) is 15.1. The van der Waals surface area contributed by atoms with Crippen LogP contribution in [0.2, 0.25) is 0 Å². The van der Waals surface area contributed by atoms with Crippen molar-refractivity contribution in [2.24, 2.45) is 0 Å². The number of hydrogen-bond donors (Lipinski definition) is 1. The molecule has 1 N–H and O–H groups in total. The van der Waals surface area contributed by atoms with Gasteiger partial charge in [-0.2, -0.15) is 0 Å². The molecule has 4 heteroatoms. The van der Waals surface area contributed by atoms with Crippen LogP contribution in [-0.4, -0.2) is 23.1 Å². The van der Waals surface area contributed by atoms with E-state index in [1.54, 1.807) is 6.33 Å². The summed E-state index contributed by atoms with van der Waals surface area (Å²) in [4.78, 5) is 10.6. The molecule has 0 spiro atoms. The predicted octanol–water partition coefficient (Wildman–Crippen LogP) is 3.08. The quantitative estimate of drug-likeness (QED) is 0.925. The van der Waals surface area contributed by atoms with E-state index < -0.39 is 0 Å². The van der Waals surface area contributed by atoms with Crippen LogP contribution in [0, 0.1) is 0 Å². The van der Waals surface area contributed by atoms with Crippen LogP contribution in [0.5, 0.6) is 0 Å². The van der Waals surface area contributed by atoms with Crippen LogP contribution >= 0.6 is 0 Å². The predicted molar refractivity (Wildman–Crippen MR) is 81.9 cm³/mol. The van der Waals surface area contributed by atoms with E-state index in [-0.39, 0.29) is 0 Å². The summed E-state index contributed by atoms with van der Waals surface area (Å²) in [5.41, 5.74) is 3.60. The van der Waals surface area contributed by atoms with E-state index in [0.717, 1.165) is 25.2 Å². The van der Waals surface area contributed by atoms with E-state index in [9.17, 15) is 0 Å². The summed E-state index contributed by atoms with van der Waals surface area (Å²) in [6.45, 7) is 3.08. The molecule has 0 saturated carbocycles. The minimum Gasteiger partial charge on any atom is -0.379 e. The molecule has 1 saturated heterocycles. The highest BCUT2D eigenvalue weighted by Gasteiger charge is 2.13. The molecule has 104 valence electrons. The van der Waals surface area contributed by atoms with Gasteiger partial charge in [-0.25, -0.2) is 9.97 Å². The molecule has 1 aromatic heterocycles. The summed E-state index contributed by atoms with van der Waals surface area (Å²) in [5.74, 6) is 0. The highest BCUT2D eigenvalue weighted by Crippen LogP contribution is 2.28. The number of nitrogens with zero attached hydrogens (tertiary/aromatic N) is 3. The minimum atomic E-state index is 0.756. The molecule has 0 bridgehead atoms. The van der Waals surface area contributed by atoms with Crippen molar-refractivity contribution in [1.29, 1.82) is 0 Å². The Balaban J connectivity index is 1.72. The number of nitrogens with one attached hydrogen (secondary N) is 1. The zero-order valence-electron chi connectivity index (χ0n) is 11.6. The fraction of sp³-hybridized carbons (Fsp3) is 0.375. The van der Waals surface area contributed by atoms with Crippen LogP contribution in [0.4, 0.5) is 11.4 Å². The molecule has 4 nitrogen and oxygen atoms in total. The fourth-order valence-electron chi connectivity index (χ4n) is 2.65. The third-order valence-corrected chi connectivity index (χ3v) is 3.70. The SMILES string of the molecule is c1ccc(N2CCCCC2)c(NCc2cncnc2)c1. The van der Waals surface area contributed by atoms with Gasteiger partial charge in [-0.05, 0) is 31.4 Å². The van der Waals surface area contributed by atoms with E-state index in [4.69, 9.17) is 0 Å². The second-order valence-electron chi connectivity index (χ2n) is 5.17. The standard InChI is InChI=1S/C16H20N4/c1-4-8-20(9-5-1)16-7-3-2-6-15(16)19-12-14-10-17-13-18-11-14/h2-3,6-7,10-11,13,19H,1,4-5,8-9,12H2. The Bertz CT molecular complexity index is 535. The summed E-state index contributed by atoms with van der Waals surface area (Å²) in [5, 5.41) is 3.51. The minimum absolute atomic E-state index is 0.756. The van der Waals surface area contributed by atoms with Crippen molar-refractivity contribution < 1.29 is 0 Å². The number of benzene rings is 1. The summed E-state index contributed by atoms with van der Waals surface area (Å²) in [6, 6.07) is 8.54. The molecule has 0 radical (unpaired) electrons. The summed E-state index contributed by atoms with van der Waals surface area (Å²) in [7, 11) is 0. The van der Waals surface area contributed by atoms with Crippen molar-refractivity contribution in [3.05, 3.63) is 48.5 Å². The maximum absolute atomic E-state index is 4.05. The molecule has 2 heterocycles. The van der Waals surface area contributed by atoms with Gasteiger partial charge in [0.15, 0.2) is 0 Å². The summed E-state index contributed by atoms with van der Waals surface area (Å²) < 4.78 is 0. The smallest absolute Gasteiger partial charge is 0.115 e. The number of piperidine rings is 1. The first-order valence-corrected chi connectivity index (χ1v) is 7.25. The van der Waals surface area contributed by atoms with Crippen molar-refractivity contribution >= 4 is 11.4 Å². The highest BCUT2D eigenvalue weighted by molar-refractivity contribution is 5.70. The Kier molecular flexibility index (Phi) is 4.11. The van der Waals surface area contributed by atoms with Gasteiger partial charge in [-0.3, -0.25) is 0 Å². The van der Waals surface area contributed by atoms with Crippen LogP contribution in [0.3, 0.4) is 0 Å². The molecule has 0 atom stereocenters. The molecule has 1 aromatic carbocycles. The molecule has 0 aliphatic carbocycles. The second-order valence-corrected chi connectivity index (χ2v) is 5.17. The Hall–Kier alpha value is -2.10. The first kappa shape index (κ1) is 12.9. The molecule has 1 fully saturated rings. The van der Waals surface area contributed by atoms with E-state index in [0.29, 0.717) is 0 Å². The van der Waals surface area contributed by atoms with E-state index in [1.165, 1.54) is 30.6 Å². The van der Waals surface area contributed by atoms with Crippen LogP contribution in [0.15, 0.2) is 43.0 Å². The lowest BCUT2D eigenvalue weighted by molar-refractivity contribution is 0.578. The molecule has 3 rings (SSSR count). The van der Waals surface area contributed by atoms with Crippen molar-refractivity contribution in [1.82, 2.24) is 9.97 Å². The van der Waals surface area contributed by atoms with Gasteiger partial charge >= 0.3 is 0 Å². The largest absolute Gasteiger partial charge is 0.379 e. The van der Waals surface area contributed by atoms with Crippen molar-refractivity contribution in [2.45, 2.75) is 25.8 Å². The van der Waals surface area contributed by atoms with Crippen LogP contribution in [-0.2, 0) is 6.54 Å². The lowest BCUT2D eigenvalue weighted by atomic mass is 10.1. The van der Waals surface area contributed by atoms with Gasteiger partial charge in [0.2, 0.25) is 0 Å². The highest BCUT2D eigenvalue weighted by atomic mass is 15.1. The first-order chi connectivity index (χ1) is 9.93. The monoisotopic (exact) mass is 268 g/mol. The molecule has 0 unspecified atom stereocenters. The lowest BCUT2D eigenvalue weighted by Gasteiger charge is -2.30. The number of anilines is 2. The average Bonchev–Trinajstić information content (AvgIpc) is 2.55. The van der Waals surface area contributed by atoms with Gasteiger partial charge in [-0.1, -0.05) is 12.1 Å². The maximum atomic E-state index is 4.05. The van der Waals surface area contributed by atoms with Gasteiger partial charge in [0.25, 0.3) is 0 Å². The Morgan fingerprint density at radius 3 is 2.55 bits per heavy atom. The zero-order valence-corrected chi connectivity index (χ0v) is 11.6. The molecule has 20 heavy (non-hydrogen) atoms. The maximum Gasteiger partial charge on any atom is 0.115 e. The van der Waals surface area contributed by atoms with Gasteiger partial charge < -0.3 is 10.2 Å². The molecule has 1 aliphatic heterocycles. The third-order valence-electron chi connectivity index (χ3n) is 3.70. The molecule has 2 aromatic rings. The Labute approximate surface area is 119 Å². The topological polar surface area (TPSA) is 41.0 Å². The van der Waals surface area contributed by atoms with Gasteiger partial charge in [0.1, 0.15) is 6.33 Å². The van der Waals surface area contributed by atoms with Crippen LogP contribution < -0.4 is 10.2 Å². The zero-order chi connectivity index (χ0) is 13.6. The molecular formula is C16H20N4. The molecule has 1 aliphatic rings. The van der Waals surface area contributed by atoms with Crippen LogP contribution in [0.25, 0.3) is 0 Å². The van der Waals surface area contributed by atoms with Gasteiger partial charge in [-0.15, -0.1) is 0 Å². The number of aromatic nitrogens is 2. The summed E-state index contributed by atoms with van der Waals surface area (Å²) >= 11 is 0. The average molecular weight is 268 g/mol. The van der Waals surface area contributed by atoms with Crippen molar-refractivity contribution in [3.8, 4) is 0 Å². The van der Waals surface area contributed by atoms with Crippen molar-refractivity contribution in [2.75, 3.05) is 23.3 Å². The first-order valence-electron chi connectivity index (χ1n) is 7.25. The lowest BCUT2D eigenvalue weighted by Crippen LogP contribution is -2.30. The van der Waals surface area contributed by atoms with Crippen molar-refractivity contribution in [3.63, 3.8) is 0 Å². The van der Waals surface area contributed by atoms with Crippen LogP contribution in [0.1, 0.15) is 24.8 Å². The van der Waals surface area contributed by atoms with Gasteiger partial charge in [0, 0.05) is 37.6 Å². The fourth-order valence-corrected chi connectivity index (χ4v) is 2.65. The second kappa shape index (κ2) is 6.37. The molecule has 0 amide bonds.